The maximum atomic E-state index is 2.75. The zero-order valence-electron chi connectivity index (χ0n) is 49.0. The van der Waals surface area contributed by atoms with Crippen molar-refractivity contribution in [2.45, 2.75) is 207 Å². The monoisotopic (exact) mass is 997 g/mol. The Labute approximate surface area is 451 Å². The molecule has 4 heteroatoms. The first-order chi connectivity index (χ1) is 34.2. The summed E-state index contributed by atoms with van der Waals surface area (Å²) in [5.41, 5.74) is 24.7. The number of benzene rings is 6. The second-order valence-corrected chi connectivity index (χ2v) is 31.2. The molecule has 0 saturated heterocycles. The highest BCUT2D eigenvalue weighted by Gasteiger charge is 2.48. The van der Waals surface area contributed by atoms with E-state index in [0.717, 1.165) is 0 Å². The molecule has 2 aliphatic heterocycles. The van der Waals surface area contributed by atoms with Gasteiger partial charge < -0.3 is 9.80 Å². The molecule has 6 aromatic carbocycles. The Kier molecular flexibility index (Phi) is 11.2. The molecule has 1 aromatic heterocycles. The highest BCUT2D eigenvalue weighted by atomic mass is 32.1. The largest absolute Gasteiger partial charge is 0.311 e. The van der Waals surface area contributed by atoms with Crippen LogP contribution in [0.25, 0.3) is 21.2 Å². The van der Waals surface area contributed by atoms with E-state index < -0.39 is 0 Å². The molecule has 3 heterocycles. The van der Waals surface area contributed by atoms with Gasteiger partial charge in [-0.2, -0.15) is 0 Å². The van der Waals surface area contributed by atoms with Crippen LogP contribution in [0.3, 0.4) is 0 Å². The number of rotatable bonds is 3. The summed E-state index contributed by atoms with van der Waals surface area (Å²) in [7, 11) is 0. The van der Waals surface area contributed by atoms with Crippen LogP contribution >= 0.6 is 11.3 Å². The van der Waals surface area contributed by atoms with Gasteiger partial charge in [0.15, 0.2) is 0 Å². The summed E-state index contributed by atoms with van der Waals surface area (Å²) in [6.07, 6.45) is 4.75. The number of thiophene rings is 1. The van der Waals surface area contributed by atoms with E-state index in [2.05, 4.69) is 251 Å². The summed E-state index contributed by atoms with van der Waals surface area (Å²) >= 11 is 2.03. The van der Waals surface area contributed by atoms with Crippen LogP contribution < -0.4 is 25.5 Å². The first kappa shape index (κ1) is 51.1. The third kappa shape index (κ3) is 8.07. The quantitative estimate of drug-likeness (QED) is 0.163. The normalized spacial score (nSPS) is 18.4. The van der Waals surface area contributed by atoms with Gasteiger partial charge in [0.25, 0.3) is 6.71 Å². The van der Waals surface area contributed by atoms with Gasteiger partial charge in [-0.1, -0.05) is 187 Å². The fourth-order valence-electron chi connectivity index (χ4n) is 13.3. The summed E-state index contributed by atoms with van der Waals surface area (Å²) in [4.78, 5) is 5.46. The van der Waals surface area contributed by atoms with E-state index in [0.29, 0.717) is 0 Å². The van der Waals surface area contributed by atoms with Crippen molar-refractivity contribution in [2.75, 3.05) is 9.80 Å². The highest BCUT2D eigenvalue weighted by Crippen LogP contribution is 2.55. The minimum Gasteiger partial charge on any atom is -0.311 e. The summed E-state index contributed by atoms with van der Waals surface area (Å²) in [5.74, 6) is 0. The number of hydrogen-bond acceptors (Lipinski definition) is 3. The topological polar surface area (TPSA) is 6.48 Å². The molecule has 0 amide bonds. The summed E-state index contributed by atoms with van der Waals surface area (Å²) in [6, 6.07) is 42.7. The fraction of sp³-hybridized carbons (Fsp3) is 0.457. The Balaban J connectivity index is 1.28. The highest BCUT2D eigenvalue weighted by molar-refractivity contribution is 7.33. The van der Waals surface area contributed by atoms with Gasteiger partial charge in [-0.3, -0.25) is 0 Å². The van der Waals surface area contributed by atoms with Gasteiger partial charge in [0, 0.05) is 43.2 Å². The lowest BCUT2D eigenvalue weighted by atomic mass is 9.36. The second-order valence-electron chi connectivity index (χ2n) is 30.1. The number of anilines is 6. The Morgan fingerprint density at radius 1 is 0.419 bits per heavy atom. The standard InChI is InChI=1S/C70H85BN2S/c1-63(2,3)43-22-28-55(48(36-43)42-21-26-50-52(35-42)69(17,18)33-31-67(50,13)14)73-56-29-23-45(65(7,8)9)38-54(56)71-60-57(39-46(40-58(60)73)66(10,11)12)72(47-25-27-51-53(41-47)70(19,20)34-32-68(51,15)16)61-49-37-44(64(4,5)6)24-30-59(49)74-62(61)71/h21-30,35-41H,31-34H2,1-20H3. The molecule has 2 aliphatic carbocycles. The second kappa shape index (κ2) is 16.2. The molecule has 0 N–H and O–H groups in total. The van der Waals surface area contributed by atoms with Crippen molar-refractivity contribution < 1.29 is 0 Å². The van der Waals surface area contributed by atoms with Crippen LogP contribution in [0.5, 0.6) is 0 Å². The molecule has 384 valence electrons. The molecule has 0 unspecified atom stereocenters. The molecule has 0 spiro atoms. The molecule has 7 aromatic rings. The minimum absolute atomic E-state index is 0.00176. The van der Waals surface area contributed by atoms with E-state index in [1.54, 1.807) is 0 Å². The van der Waals surface area contributed by atoms with E-state index in [1.807, 2.05) is 11.3 Å². The van der Waals surface area contributed by atoms with Crippen LogP contribution in [0, 0.1) is 0 Å². The van der Waals surface area contributed by atoms with Crippen LogP contribution in [0.1, 0.15) is 209 Å². The third-order valence-corrected chi connectivity index (χ3v) is 19.8. The molecule has 0 radical (unpaired) electrons. The maximum Gasteiger partial charge on any atom is 0.264 e. The third-order valence-electron chi connectivity index (χ3n) is 18.6. The first-order valence-corrected chi connectivity index (χ1v) is 28.9. The van der Waals surface area contributed by atoms with E-state index >= 15 is 0 Å². The van der Waals surface area contributed by atoms with Gasteiger partial charge in [0.2, 0.25) is 0 Å². The average Bonchev–Trinajstić information content (AvgIpc) is 3.69. The van der Waals surface area contributed by atoms with Crippen molar-refractivity contribution in [3.63, 3.8) is 0 Å². The summed E-state index contributed by atoms with van der Waals surface area (Å²) in [6.45, 7) is 48.3. The van der Waals surface area contributed by atoms with Gasteiger partial charge in [-0.05, 0) is 185 Å². The Morgan fingerprint density at radius 3 is 1.46 bits per heavy atom. The predicted octanol–water partition coefficient (Wildman–Crippen LogP) is 18.5. The molecule has 74 heavy (non-hydrogen) atoms. The van der Waals surface area contributed by atoms with Crippen LogP contribution in [0.2, 0.25) is 0 Å². The van der Waals surface area contributed by atoms with Crippen LogP contribution in [-0.4, -0.2) is 6.71 Å². The SMILES string of the molecule is CC(C)(C)c1ccc2c(c1)B1c3sc4ccc(C(C)(C)C)cc4c3N(c3ccc4c(c3)C(C)(C)CCC4(C)C)c3cc(C(C)(C)C)cc(c31)N2c1ccc(C(C)(C)C)cc1-c1ccc2c(c1)C(C)(C)CCC2(C)C. The van der Waals surface area contributed by atoms with Crippen molar-refractivity contribution in [2.24, 2.45) is 0 Å². The molecule has 0 fully saturated rings. The molecule has 2 nitrogen and oxygen atoms in total. The Hall–Kier alpha value is -5.06. The summed E-state index contributed by atoms with van der Waals surface area (Å²) < 4.78 is 2.79. The smallest absolute Gasteiger partial charge is 0.264 e. The van der Waals surface area contributed by atoms with Gasteiger partial charge in [0.1, 0.15) is 0 Å². The molecule has 0 saturated carbocycles. The van der Waals surface area contributed by atoms with Gasteiger partial charge in [0.05, 0.1) is 11.4 Å². The lowest BCUT2D eigenvalue weighted by Crippen LogP contribution is -2.60. The van der Waals surface area contributed by atoms with Crippen molar-refractivity contribution >= 4 is 78.0 Å². The molecule has 4 aliphatic rings. The zero-order chi connectivity index (χ0) is 53.4. The van der Waals surface area contributed by atoms with Crippen molar-refractivity contribution in [3.05, 3.63) is 148 Å². The zero-order valence-corrected chi connectivity index (χ0v) is 49.8. The molecular weight excluding hydrogens is 912 g/mol. The molecular formula is C70H85BN2S. The van der Waals surface area contributed by atoms with Crippen LogP contribution in [0.15, 0.2) is 103 Å². The lowest BCUT2D eigenvalue weighted by molar-refractivity contribution is 0.332. The van der Waals surface area contributed by atoms with E-state index in [-0.39, 0.29) is 50.0 Å². The number of nitrogens with zero attached hydrogens (tertiary/aromatic N) is 2. The summed E-state index contributed by atoms with van der Waals surface area (Å²) in [5, 5.41) is 1.36. The maximum absolute atomic E-state index is 2.75. The number of fused-ring (bicyclic) bond motifs is 8. The van der Waals surface area contributed by atoms with Gasteiger partial charge in [-0.15, -0.1) is 11.3 Å². The Bertz CT molecular complexity index is 3450. The van der Waals surface area contributed by atoms with Crippen molar-refractivity contribution in [1.82, 2.24) is 0 Å². The van der Waals surface area contributed by atoms with E-state index in [9.17, 15) is 0 Å². The van der Waals surface area contributed by atoms with Crippen LogP contribution in [0.4, 0.5) is 34.1 Å². The van der Waals surface area contributed by atoms with Gasteiger partial charge >= 0.3 is 0 Å². The van der Waals surface area contributed by atoms with Crippen molar-refractivity contribution in [3.8, 4) is 11.1 Å². The minimum atomic E-state index is -0.136. The molecule has 11 rings (SSSR count). The van der Waals surface area contributed by atoms with Crippen molar-refractivity contribution in [1.29, 1.82) is 0 Å². The first-order valence-electron chi connectivity index (χ1n) is 28.1. The van der Waals surface area contributed by atoms with Gasteiger partial charge in [-0.25, -0.2) is 0 Å². The molecule has 0 bridgehead atoms. The molecule has 0 atom stereocenters. The van der Waals surface area contributed by atoms with E-state index in [4.69, 9.17) is 0 Å². The Morgan fingerprint density at radius 2 is 0.892 bits per heavy atom. The average molecular weight is 997 g/mol. The lowest BCUT2D eigenvalue weighted by Gasteiger charge is -2.46. The predicted molar refractivity (Wildman–Crippen MR) is 327 cm³/mol. The van der Waals surface area contributed by atoms with E-state index in [1.165, 1.54) is 141 Å². The van der Waals surface area contributed by atoms with Crippen LogP contribution in [-0.2, 0) is 43.3 Å². The fourth-order valence-corrected chi connectivity index (χ4v) is 14.6. The number of hydrogen-bond donors (Lipinski definition) is 0.